The van der Waals surface area contributed by atoms with Gasteiger partial charge in [-0.3, -0.25) is 9.52 Å². The summed E-state index contributed by atoms with van der Waals surface area (Å²) in [5.41, 5.74) is 0.816. The average molecular weight is 468 g/mol. The number of carbonyl (C=O) groups is 1. The normalized spacial score (nSPS) is 19.3. The van der Waals surface area contributed by atoms with Gasteiger partial charge >= 0.3 is 0 Å². The van der Waals surface area contributed by atoms with E-state index in [1.165, 1.54) is 36.4 Å². The molecule has 160 valence electrons. The standard InChI is InChI=1S/C19H21N3O5S3/c1-12-11-22(19(23)13-2-3-13)17-10-16(8-9-18(17)28-12)30(26,27)21-14-4-6-15(7-5-14)29(20,24)25/h4-10,12-13,21H,2-3,11H2,1H3,(H2,20,24,25)/t12-/m1/s1. The summed E-state index contributed by atoms with van der Waals surface area (Å²) in [6.45, 7) is 2.58. The van der Waals surface area contributed by atoms with E-state index >= 15 is 0 Å². The first-order chi connectivity index (χ1) is 14.0. The van der Waals surface area contributed by atoms with Crippen molar-refractivity contribution in [2.75, 3.05) is 16.2 Å². The van der Waals surface area contributed by atoms with Crippen LogP contribution in [-0.2, 0) is 24.8 Å². The molecule has 30 heavy (non-hydrogen) atoms. The molecule has 0 aromatic heterocycles. The SMILES string of the molecule is C[C@@H]1CN(C(=O)C2CC2)c2cc(S(=O)(=O)Nc3ccc(S(N)(=O)=O)cc3)ccc2S1. The highest BCUT2D eigenvalue weighted by Gasteiger charge is 2.37. The molecule has 0 saturated heterocycles. The number of amides is 1. The molecule has 8 nitrogen and oxygen atoms in total. The number of anilines is 2. The van der Waals surface area contributed by atoms with Crippen molar-refractivity contribution >= 4 is 49.1 Å². The van der Waals surface area contributed by atoms with Gasteiger partial charge in [0, 0.05) is 28.3 Å². The van der Waals surface area contributed by atoms with Gasteiger partial charge in [0.15, 0.2) is 0 Å². The fourth-order valence-electron chi connectivity index (χ4n) is 3.27. The van der Waals surface area contributed by atoms with Gasteiger partial charge in [-0.15, -0.1) is 11.8 Å². The fourth-order valence-corrected chi connectivity index (χ4v) is 5.96. The Balaban J connectivity index is 1.63. The number of rotatable bonds is 5. The number of nitrogens with one attached hydrogen (secondary N) is 1. The smallest absolute Gasteiger partial charge is 0.261 e. The summed E-state index contributed by atoms with van der Waals surface area (Å²) < 4.78 is 50.9. The van der Waals surface area contributed by atoms with Crippen molar-refractivity contribution in [2.24, 2.45) is 11.1 Å². The quantitative estimate of drug-likeness (QED) is 0.695. The van der Waals surface area contributed by atoms with Gasteiger partial charge in [0.1, 0.15) is 0 Å². The first-order valence-electron chi connectivity index (χ1n) is 9.32. The van der Waals surface area contributed by atoms with Crippen LogP contribution in [0.25, 0.3) is 0 Å². The number of benzene rings is 2. The maximum absolute atomic E-state index is 12.9. The van der Waals surface area contributed by atoms with Crippen LogP contribution in [0.15, 0.2) is 57.2 Å². The van der Waals surface area contributed by atoms with E-state index in [1.54, 1.807) is 22.7 Å². The van der Waals surface area contributed by atoms with Crippen molar-refractivity contribution in [1.29, 1.82) is 0 Å². The predicted molar refractivity (Wildman–Crippen MR) is 115 cm³/mol. The second kappa shape index (κ2) is 7.56. The minimum absolute atomic E-state index is 0.0283. The Kier molecular flexibility index (Phi) is 5.33. The van der Waals surface area contributed by atoms with Gasteiger partial charge in [-0.25, -0.2) is 22.0 Å². The predicted octanol–water partition coefficient (Wildman–Crippen LogP) is 2.37. The number of thioether (sulfide) groups is 1. The van der Waals surface area contributed by atoms with Crippen molar-refractivity contribution in [3.8, 4) is 0 Å². The Bertz CT molecular complexity index is 1210. The molecule has 2 aliphatic rings. The van der Waals surface area contributed by atoms with Crippen LogP contribution in [0.3, 0.4) is 0 Å². The van der Waals surface area contributed by atoms with Crippen LogP contribution in [0.1, 0.15) is 19.8 Å². The molecule has 2 aromatic carbocycles. The molecule has 0 unspecified atom stereocenters. The van der Waals surface area contributed by atoms with Crippen molar-refractivity contribution in [2.45, 2.75) is 39.7 Å². The number of sulfonamides is 2. The van der Waals surface area contributed by atoms with E-state index in [0.717, 1.165) is 17.7 Å². The molecule has 0 radical (unpaired) electrons. The highest BCUT2D eigenvalue weighted by Crippen LogP contribution is 2.42. The van der Waals surface area contributed by atoms with Crippen molar-refractivity contribution < 1.29 is 21.6 Å². The summed E-state index contributed by atoms with van der Waals surface area (Å²) in [5.74, 6) is 0.0772. The van der Waals surface area contributed by atoms with Crippen molar-refractivity contribution in [3.63, 3.8) is 0 Å². The number of fused-ring (bicyclic) bond motifs is 1. The van der Waals surface area contributed by atoms with Crippen LogP contribution in [0.2, 0.25) is 0 Å². The highest BCUT2D eigenvalue weighted by molar-refractivity contribution is 8.00. The van der Waals surface area contributed by atoms with E-state index < -0.39 is 20.0 Å². The second-order valence-corrected chi connectivity index (χ2v) is 12.2. The number of carbonyl (C=O) groups excluding carboxylic acids is 1. The van der Waals surface area contributed by atoms with E-state index in [9.17, 15) is 21.6 Å². The van der Waals surface area contributed by atoms with Gasteiger partial charge < -0.3 is 4.90 Å². The molecule has 1 aliphatic heterocycles. The minimum Gasteiger partial charge on any atom is -0.310 e. The fraction of sp³-hybridized carbons (Fsp3) is 0.316. The molecule has 1 atom stereocenters. The first-order valence-corrected chi connectivity index (χ1v) is 13.2. The molecular weight excluding hydrogens is 446 g/mol. The van der Waals surface area contributed by atoms with Crippen molar-refractivity contribution in [1.82, 2.24) is 0 Å². The van der Waals surface area contributed by atoms with Gasteiger partial charge in [-0.05, 0) is 55.3 Å². The molecule has 1 saturated carbocycles. The summed E-state index contributed by atoms with van der Waals surface area (Å²) in [6, 6.07) is 9.87. The van der Waals surface area contributed by atoms with E-state index in [0.29, 0.717) is 12.2 Å². The summed E-state index contributed by atoms with van der Waals surface area (Å²) in [7, 11) is -7.80. The van der Waals surface area contributed by atoms with Crippen LogP contribution in [0.4, 0.5) is 11.4 Å². The zero-order valence-corrected chi connectivity index (χ0v) is 18.6. The van der Waals surface area contributed by atoms with Gasteiger partial charge in [-0.1, -0.05) is 6.92 Å². The lowest BCUT2D eigenvalue weighted by Gasteiger charge is -2.33. The number of hydrogen-bond acceptors (Lipinski definition) is 6. The summed E-state index contributed by atoms with van der Waals surface area (Å²) in [5, 5.41) is 5.28. The molecule has 2 aromatic rings. The maximum atomic E-state index is 12.9. The Hall–Kier alpha value is -2.08. The third-order valence-electron chi connectivity index (χ3n) is 4.93. The lowest BCUT2D eigenvalue weighted by atomic mass is 10.2. The Morgan fingerprint density at radius 3 is 2.30 bits per heavy atom. The molecule has 4 rings (SSSR count). The van der Waals surface area contributed by atoms with E-state index in [1.807, 2.05) is 6.92 Å². The molecule has 11 heteroatoms. The zero-order chi connectivity index (χ0) is 21.7. The molecular formula is C19H21N3O5S3. The topological polar surface area (TPSA) is 127 Å². The molecule has 1 fully saturated rings. The number of nitrogens with two attached hydrogens (primary N) is 1. The molecule has 1 aliphatic carbocycles. The van der Waals surface area contributed by atoms with Crippen molar-refractivity contribution in [3.05, 3.63) is 42.5 Å². The van der Waals surface area contributed by atoms with Crippen LogP contribution in [0, 0.1) is 5.92 Å². The summed E-state index contributed by atoms with van der Waals surface area (Å²) >= 11 is 1.61. The van der Waals surface area contributed by atoms with Crippen LogP contribution >= 0.6 is 11.8 Å². The third kappa shape index (κ3) is 4.34. The number of primary sulfonamides is 1. The Morgan fingerprint density at radius 1 is 1.07 bits per heavy atom. The zero-order valence-electron chi connectivity index (χ0n) is 16.1. The van der Waals surface area contributed by atoms with Gasteiger partial charge in [0.05, 0.1) is 15.5 Å². The number of hydrogen-bond donors (Lipinski definition) is 2. The monoisotopic (exact) mass is 467 g/mol. The van der Waals surface area contributed by atoms with Gasteiger partial charge in [0.2, 0.25) is 15.9 Å². The maximum Gasteiger partial charge on any atom is 0.261 e. The molecule has 3 N–H and O–H groups in total. The lowest BCUT2D eigenvalue weighted by Crippen LogP contribution is -2.39. The Morgan fingerprint density at radius 2 is 1.70 bits per heavy atom. The highest BCUT2D eigenvalue weighted by atomic mass is 32.2. The lowest BCUT2D eigenvalue weighted by molar-refractivity contribution is -0.119. The Labute approximate surface area is 179 Å². The van der Waals surface area contributed by atoms with E-state index in [-0.39, 0.29) is 32.6 Å². The van der Waals surface area contributed by atoms with E-state index in [2.05, 4.69) is 4.72 Å². The van der Waals surface area contributed by atoms with Crippen LogP contribution in [0.5, 0.6) is 0 Å². The molecule has 0 bridgehead atoms. The van der Waals surface area contributed by atoms with Gasteiger partial charge in [-0.2, -0.15) is 0 Å². The minimum atomic E-state index is -3.94. The summed E-state index contributed by atoms with van der Waals surface area (Å²) in [6.07, 6.45) is 1.75. The summed E-state index contributed by atoms with van der Waals surface area (Å²) in [4.78, 5) is 15.2. The van der Waals surface area contributed by atoms with E-state index in [4.69, 9.17) is 5.14 Å². The van der Waals surface area contributed by atoms with Gasteiger partial charge in [0.25, 0.3) is 10.0 Å². The largest absolute Gasteiger partial charge is 0.310 e. The second-order valence-electron chi connectivity index (χ2n) is 7.46. The average Bonchev–Trinajstić information content (AvgIpc) is 3.51. The van der Waals surface area contributed by atoms with Crippen LogP contribution < -0.4 is 14.8 Å². The molecule has 1 amide bonds. The molecule has 1 heterocycles. The first kappa shape index (κ1) is 21.2. The number of nitrogens with zero attached hydrogens (tertiary/aromatic N) is 1. The third-order valence-corrected chi connectivity index (χ3v) is 8.39. The van der Waals surface area contributed by atoms with Crippen LogP contribution in [-0.4, -0.2) is 34.5 Å². The molecule has 0 spiro atoms.